The van der Waals surface area contributed by atoms with Crippen LogP contribution in [0.5, 0.6) is 0 Å². The molecule has 0 radical (unpaired) electrons. The molecular weight excluding hydrogens is 318 g/mol. The molecule has 0 spiro atoms. The van der Waals surface area contributed by atoms with Gasteiger partial charge in [-0.25, -0.2) is 0 Å². The summed E-state index contributed by atoms with van der Waals surface area (Å²) < 4.78 is 5.58. The first kappa shape index (κ1) is 18.1. The van der Waals surface area contributed by atoms with E-state index in [9.17, 15) is 10.1 Å². The Balaban J connectivity index is 0.00000192. The average Bonchev–Trinajstić information content (AvgIpc) is 3.02. The molecular formula is C16H24ClN3O3. The molecule has 1 aromatic rings. The summed E-state index contributed by atoms with van der Waals surface area (Å²) in [4.78, 5) is 10.8. The van der Waals surface area contributed by atoms with Crippen LogP contribution in [-0.2, 0) is 11.3 Å². The van der Waals surface area contributed by atoms with E-state index in [1.807, 2.05) is 12.1 Å². The SMILES string of the molecule is Cl.O=[N+]([O-])c1ccccc1CNC1CCCC1C1COCCN1. The lowest BCUT2D eigenvalue weighted by atomic mass is 9.94. The minimum absolute atomic E-state index is 0. The van der Waals surface area contributed by atoms with Crippen LogP contribution in [-0.4, -0.2) is 36.8 Å². The zero-order valence-electron chi connectivity index (χ0n) is 13.1. The topological polar surface area (TPSA) is 76.4 Å². The summed E-state index contributed by atoms with van der Waals surface area (Å²) in [6, 6.07) is 7.77. The van der Waals surface area contributed by atoms with E-state index in [0.29, 0.717) is 24.5 Å². The molecule has 1 heterocycles. The molecule has 2 fully saturated rings. The van der Waals surface area contributed by atoms with Crippen molar-refractivity contribution in [2.45, 2.75) is 37.9 Å². The van der Waals surface area contributed by atoms with Gasteiger partial charge in [0.15, 0.2) is 0 Å². The Morgan fingerprint density at radius 1 is 1.35 bits per heavy atom. The molecule has 0 aromatic heterocycles. The summed E-state index contributed by atoms with van der Waals surface area (Å²) in [7, 11) is 0. The van der Waals surface area contributed by atoms with Crippen molar-refractivity contribution in [3.8, 4) is 0 Å². The van der Waals surface area contributed by atoms with Crippen LogP contribution in [0.15, 0.2) is 24.3 Å². The summed E-state index contributed by atoms with van der Waals surface area (Å²) in [6.45, 7) is 3.02. The van der Waals surface area contributed by atoms with Gasteiger partial charge in [-0.15, -0.1) is 12.4 Å². The van der Waals surface area contributed by atoms with Crippen LogP contribution in [0, 0.1) is 16.0 Å². The van der Waals surface area contributed by atoms with Crippen molar-refractivity contribution < 1.29 is 9.66 Å². The number of nitrogens with zero attached hydrogens (tertiary/aromatic N) is 1. The van der Waals surface area contributed by atoms with Crippen LogP contribution in [0.1, 0.15) is 24.8 Å². The predicted molar refractivity (Wildman–Crippen MR) is 90.9 cm³/mol. The van der Waals surface area contributed by atoms with E-state index >= 15 is 0 Å². The van der Waals surface area contributed by atoms with Gasteiger partial charge in [0.25, 0.3) is 5.69 Å². The Labute approximate surface area is 142 Å². The number of hydrogen-bond acceptors (Lipinski definition) is 5. The normalized spacial score (nSPS) is 27.4. The Hall–Kier alpha value is -1.21. The fraction of sp³-hybridized carbons (Fsp3) is 0.625. The number of morpholine rings is 1. The van der Waals surface area contributed by atoms with Crippen molar-refractivity contribution in [2.24, 2.45) is 5.92 Å². The number of ether oxygens (including phenoxy) is 1. The van der Waals surface area contributed by atoms with E-state index in [4.69, 9.17) is 4.74 Å². The van der Waals surface area contributed by atoms with E-state index < -0.39 is 0 Å². The van der Waals surface area contributed by atoms with Crippen molar-refractivity contribution in [3.63, 3.8) is 0 Å². The van der Waals surface area contributed by atoms with E-state index in [2.05, 4.69) is 10.6 Å². The second-order valence-corrected chi connectivity index (χ2v) is 6.10. The zero-order chi connectivity index (χ0) is 15.4. The number of para-hydroxylation sites is 1. The first-order valence-electron chi connectivity index (χ1n) is 8.02. The molecule has 1 saturated carbocycles. The smallest absolute Gasteiger partial charge is 0.273 e. The molecule has 2 aliphatic rings. The lowest BCUT2D eigenvalue weighted by molar-refractivity contribution is -0.385. The van der Waals surface area contributed by atoms with Crippen molar-refractivity contribution in [2.75, 3.05) is 19.8 Å². The van der Waals surface area contributed by atoms with Crippen molar-refractivity contribution in [3.05, 3.63) is 39.9 Å². The third kappa shape index (κ3) is 4.41. The highest BCUT2D eigenvalue weighted by Gasteiger charge is 2.34. The average molecular weight is 342 g/mol. The quantitative estimate of drug-likeness (QED) is 0.634. The van der Waals surface area contributed by atoms with Gasteiger partial charge in [0.1, 0.15) is 0 Å². The molecule has 0 bridgehead atoms. The van der Waals surface area contributed by atoms with Crippen LogP contribution in [0.3, 0.4) is 0 Å². The molecule has 1 aliphatic heterocycles. The van der Waals surface area contributed by atoms with Gasteiger partial charge in [0.05, 0.1) is 18.1 Å². The standard InChI is InChI=1S/C16H23N3O3.ClH/c20-19(21)16-7-2-1-4-12(16)10-18-14-6-3-5-13(14)15-11-22-9-8-17-15;/h1-2,4,7,13-15,17-18H,3,5-6,8-11H2;1H. The third-order valence-corrected chi connectivity index (χ3v) is 4.78. The first-order chi connectivity index (χ1) is 10.8. The summed E-state index contributed by atoms with van der Waals surface area (Å²) in [5.74, 6) is 0.545. The maximum Gasteiger partial charge on any atom is 0.273 e. The molecule has 1 saturated heterocycles. The fourth-order valence-corrected chi connectivity index (χ4v) is 3.66. The van der Waals surface area contributed by atoms with Crippen molar-refractivity contribution in [1.29, 1.82) is 0 Å². The third-order valence-electron chi connectivity index (χ3n) is 4.78. The molecule has 0 amide bonds. The molecule has 2 N–H and O–H groups in total. The number of rotatable bonds is 5. The van der Waals surface area contributed by atoms with Crippen molar-refractivity contribution >= 4 is 18.1 Å². The zero-order valence-corrected chi connectivity index (χ0v) is 13.9. The van der Waals surface area contributed by atoms with Crippen LogP contribution in [0.2, 0.25) is 0 Å². The van der Waals surface area contributed by atoms with Gasteiger partial charge in [-0.05, 0) is 18.8 Å². The Kier molecular flexibility index (Phi) is 6.77. The highest BCUT2D eigenvalue weighted by molar-refractivity contribution is 5.85. The lowest BCUT2D eigenvalue weighted by Crippen LogP contribution is -2.50. The molecule has 23 heavy (non-hydrogen) atoms. The van der Waals surface area contributed by atoms with Crippen molar-refractivity contribution in [1.82, 2.24) is 10.6 Å². The molecule has 3 rings (SSSR count). The van der Waals surface area contributed by atoms with Gasteiger partial charge in [0, 0.05) is 36.8 Å². The Morgan fingerprint density at radius 3 is 2.91 bits per heavy atom. The molecule has 128 valence electrons. The second kappa shape index (κ2) is 8.59. The maximum atomic E-state index is 11.1. The molecule has 1 aliphatic carbocycles. The summed E-state index contributed by atoms with van der Waals surface area (Å²) in [6.07, 6.45) is 3.52. The monoisotopic (exact) mass is 341 g/mol. The van der Waals surface area contributed by atoms with Crippen LogP contribution in [0.4, 0.5) is 5.69 Å². The van der Waals surface area contributed by atoms with Gasteiger partial charge < -0.3 is 15.4 Å². The van der Waals surface area contributed by atoms with E-state index in [-0.39, 0.29) is 23.0 Å². The Bertz CT molecular complexity index is 523. The van der Waals surface area contributed by atoms with E-state index in [0.717, 1.165) is 31.7 Å². The molecule has 1 aromatic carbocycles. The molecule has 6 nitrogen and oxygen atoms in total. The van der Waals surface area contributed by atoms with Gasteiger partial charge >= 0.3 is 0 Å². The summed E-state index contributed by atoms with van der Waals surface area (Å²) >= 11 is 0. The predicted octanol–water partition coefficient (Wildman–Crippen LogP) is 2.26. The van der Waals surface area contributed by atoms with Crippen LogP contribution in [0.25, 0.3) is 0 Å². The molecule has 3 atom stereocenters. The highest BCUT2D eigenvalue weighted by Crippen LogP contribution is 2.30. The van der Waals surface area contributed by atoms with E-state index in [1.165, 1.54) is 12.8 Å². The Morgan fingerprint density at radius 2 is 2.17 bits per heavy atom. The molecule has 7 heteroatoms. The summed E-state index contributed by atoms with van der Waals surface area (Å²) in [5, 5.41) is 18.2. The fourth-order valence-electron chi connectivity index (χ4n) is 3.66. The number of nitro benzene ring substituents is 1. The number of nitro groups is 1. The number of nitrogens with one attached hydrogen (secondary N) is 2. The number of halogens is 1. The van der Waals surface area contributed by atoms with Crippen LogP contribution < -0.4 is 10.6 Å². The van der Waals surface area contributed by atoms with Gasteiger partial charge in [0.2, 0.25) is 0 Å². The van der Waals surface area contributed by atoms with Crippen LogP contribution >= 0.6 is 12.4 Å². The minimum Gasteiger partial charge on any atom is -0.379 e. The minimum atomic E-state index is -0.306. The number of hydrogen-bond donors (Lipinski definition) is 2. The van der Waals surface area contributed by atoms with E-state index in [1.54, 1.807) is 12.1 Å². The second-order valence-electron chi connectivity index (χ2n) is 6.10. The molecule has 3 unspecified atom stereocenters. The van der Waals surface area contributed by atoms with Gasteiger partial charge in [-0.3, -0.25) is 10.1 Å². The first-order valence-corrected chi connectivity index (χ1v) is 8.02. The number of benzene rings is 1. The lowest BCUT2D eigenvalue weighted by Gasteiger charge is -2.33. The van der Waals surface area contributed by atoms with Gasteiger partial charge in [-0.1, -0.05) is 24.6 Å². The highest BCUT2D eigenvalue weighted by atomic mass is 35.5. The maximum absolute atomic E-state index is 11.1. The summed E-state index contributed by atoms with van der Waals surface area (Å²) in [5.41, 5.74) is 0.953. The van der Waals surface area contributed by atoms with Gasteiger partial charge in [-0.2, -0.15) is 0 Å². The largest absolute Gasteiger partial charge is 0.379 e.